The number of para-hydroxylation sites is 1. The summed E-state index contributed by atoms with van der Waals surface area (Å²) in [6.07, 6.45) is 2.28. The fourth-order valence-corrected chi connectivity index (χ4v) is 4.08. The number of benzene rings is 2. The molecule has 2 aromatic carbocycles. The Morgan fingerprint density at radius 2 is 1.96 bits per heavy atom. The summed E-state index contributed by atoms with van der Waals surface area (Å²) in [5.41, 5.74) is 1.81. The number of hydrogen-bond acceptors (Lipinski definition) is 4. The monoisotopic (exact) mass is 398 g/mol. The molecule has 28 heavy (non-hydrogen) atoms. The number of rotatable bonds is 8. The van der Waals surface area contributed by atoms with Crippen LogP contribution in [0.25, 0.3) is 0 Å². The van der Waals surface area contributed by atoms with Crippen molar-refractivity contribution >= 4 is 29.3 Å². The Hall–Kier alpha value is -2.47. The fraction of sp³-hybridized carbons (Fsp3) is 0.364. The predicted octanol–water partition coefficient (Wildman–Crippen LogP) is 4.55. The van der Waals surface area contributed by atoms with E-state index in [1.807, 2.05) is 55.5 Å². The van der Waals surface area contributed by atoms with Crippen molar-refractivity contribution in [2.24, 2.45) is 0 Å². The fourth-order valence-electron chi connectivity index (χ4n) is 2.97. The predicted molar refractivity (Wildman–Crippen MR) is 113 cm³/mol. The highest BCUT2D eigenvalue weighted by Crippen LogP contribution is 2.36. The maximum absolute atomic E-state index is 12.5. The van der Waals surface area contributed by atoms with Crippen molar-refractivity contribution in [3.05, 3.63) is 54.1 Å². The van der Waals surface area contributed by atoms with E-state index in [2.05, 4.69) is 17.6 Å². The molecule has 0 spiro atoms. The zero-order valence-corrected chi connectivity index (χ0v) is 17.1. The number of hydrogen-bond donors (Lipinski definition) is 2. The van der Waals surface area contributed by atoms with Crippen LogP contribution in [0.3, 0.4) is 0 Å². The van der Waals surface area contributed by atoms with Gasteiger partial charge in [-0.2, -0.15) is 0 Å². The largest absolute Gasteiger partial charge is 0.494 e. The third kappa shape index (κ3) is 5.29. The van der Waals surface area contributed by atoms with Gasteiger partial charge in [0.25, 0.3) is 0 Å². The molecule has 148 valence electrons. The standard InChI is InChI=1S/C22H26N2O3S/c1-3-4-13-27-17-11-9-16(10-12-17)15(2)23-21(25)14-20-22(26)24-18-7-5-6-8-19(18)28-20/h5-12,15,20H,3-4,13-14H2,1-2H3,(H,23,25)(H,24,26). The van der Waals surface area contributed by atoms with Crippen LogP contribution in [0.15, 0.2) is 53.4 Å². The average Bonchev–Trinajstić information content (AvgIpc) is 2.69. The number of anilines is 1. The number of ether oxygens (including phenoxy) is 1. The van der Waals surface area contributed by atoms with Gasteiger partial charge in [0.2, 0.25) is 11.8 Å². The first-order chi connectivity index (χ1) is 13.6. The molecule has 0 aromatic heterocycles. The van der Waals surface area contributed by atoms with E-state index in [4.69, 9.17) is 4.74 Å². The summed E-state index contributed by atoms with van der Waals surface area (Å²) in [7, 11) is 0. The lowest BCUT2D eigenvalue weighted by molar-refractivity contribution is -0.124. The van der Waals surface area contributed by atoms with Crippen LogP contribution in [0.1, 0.15) is 44.7 Å². The first-order valence-electron chi connectivity index (χ1n) is 9.65. The average molecular weight is 399 g/mol. The third-order valence-corrected chi connectivity index (χ3v) is 5.88. The molecule has 2 aromatic rings. The van der Waals surface area contributed by atoms with Gasteiger partial charge in [0.1, 0.15) is 5.75 Å². The highest BCUT2D eigenvalue weighted by atomic mass is 32.2. The van der Waals surface area contributed by atoms with Crippen LogP contribution in [0.5, 0.6) is 5.75 Å². The Labute approximate surface area is 170 Å². The molecule has 3 rings (SSSR count). The van der Waals surface area contributed by atoms with Gasteiger partial charge in [-0.1, -0.05) is 37.6 Å². The van der Waals surface area contributed by atoms with Crippen LogP contribution >= 0.6 is 11.8 Å². The first kappa shape index (κ1) is 20.3. The van der Waals surface area contributed by atoms with Crippen molar-refractivity contribution in [2.75, 3.05) is 11.9 Å². The molecule has 0 bridgehead atoms. The van der Waals surface area contributed by atoms with Crippen molar-refractivity contribution in [1.29, 1.82) is 0 Å². The molecule has 0 saturated heterocycles. The topological polar surface area (TPSA) is 67.4 Å². The molecule has 1 heterocycles. The molecule has 0 radical (unpaired) electrons. The van der Waals surface area contributed by atoms with E-state index in [-0.39, 0.29) is 24.3 Å². The lowest BCUT2D eigenvalue weighted by atomic mass is 10.1. The van der Waals surface area contributed by atoms with Crippen molar-refractivity contribution in [3.63, 3.8) is 0 Å². The molecule has 1 aliphatic heterocycles. The van der Waals surface area contributed by atoms with Gasteiger partial charge in [0.15, 0.2) is 0 Å². The zero-order chi connectivity index (χ0) is 19.9. The van der Waals surface area contributed by atoms with E-state index in [1.165, 1.54) is 11.8 Å². The highest BCUT2D eigenvalue weighted by Gasteiger charge is 2.29. The van der Waals surface area contributed by atoms with Gasteiger partial charge >= 0.3 is 0 Å². The van der Waals surface area contributed by atoms with Crippen LogP contribution in [0.2, 0.25) is 0 Å². The Bertz CT molecular complexity index is 823. The minimum atomic E-state index is -0.420. The van der Waals surface area contributed by atoms with Crippen LogP contribution < -0.4 is 15.4 Å². The van der Waals surface area contributed by atoms with Gasteiger partial charge in [-0.3, -0.25) is 9.59 Å². The molecule has 2 unspecified atom stereocenters. The Kier molecular flexibility index (Phi) is 6.98. The van der Waals surface area contributed by atoms with Crippen molar-refractivity contribution in [2.45, 2.75) is 49.3 Å². The molecule has 2 atom stereocenters. The van der Waals surface area contributed by atoms with Crippen LogP contribution in [0.4, 0.5) is 5.69 Å². The minimum absolute atomic E-state index is 0.125. The van der Waals surface area contributed by atoms with Crippen LogP contribution in [-0.4, -0.2) is 23.7 Å². The summed E-state index contributed by atoms with van der Waals surface area (Å²) in [5, 5.41) is 5.44. The van der Waals surface area contributed by atoms with E-state index >= 15 is 0 Å². The van der Waals surface area contributed by atoms with Gasteiger partial charge in [-0.15, -0.1) is 11.8 Å². The van der Waals surface area contributed by atoms with E-state index in [0.29, 0.717) is 6.61 Å². The number of fused-ring (bicyclic) bond motifs is 1. The molecular formula is C22H26N2O3S. The summed E-state index contributed by atoms with van der Waals surface area (Å²) in [6, 6.07) is 15.3. The number of carbonyl (C=O) groups excluding carboxylic acids is 2. The van der Waals surface area contributed by atoms with E-state index in [0.717, 1.165) is 34.7 Å². The number of unbranched alkanes of at least 4 members (excludes halogenated alkanes) is 1. The number of carbonyl (C=O) groups is 2. The molecule has 6 heteroatoms. The van der Waals surface area contributed by atoms with E-state index in [1.54, 1.807) is 0 Å². The van der Waals surface area contributed by atoms with Gasteiger partial charge in [0, 0.05) is 11.3 Å². The van der Waals surface area contributed by atoms with Crippen molar-refractivity contribution in [1.82, 2.24) is 5.32 Å². The summed E-state index contributed by atoms with van der Waals surface area (Å²) >= 11 is 1.44. The second-order valence-electron chi connectivity index (χ2n) is 6.86. The highest BCUT2D eigenvalue weighted by molar-refractivity contribution is 8.01. The molecule has 0 fully saturated rings. The number of nitrogens with one attached hydrogen (secondary N) is 2. The summed E-state index contributed by atoms with van der Waals surface area (Å²) in [6.45, 7) is 4.78. The summed E-state index contributed by atoms with van der Waals surface area (Å²) in [4.78, 5) is 25.7. The lowest BCUT2D eigenvalue weighted by Gasteiger charge is -2.24. The molecule has 1 aliphatic rings. The summed E-state index contributed by atoms with van der Waals surface area (Å²) in [5.74, 6) is 0.576. The van der Waals surface area contributed by atoms with E-state index < -0.39 is 5.25 Å². The Morgan fingerprint density at radius 3 is 2.71 bits per heavy atom. The second-order valence-corrected chi connectivity index (χ2v) is 8.10. The maximum atomic E-state index is 12.5. The minimum Gasteiger partial charge on any atom is -0.494 e. The van der Waals surface area contributed by atoms with Crippen LogP contribution in [-0.2, 0) is 9.59 Å². The zero-order valence-electron chi connectivity index (χ0n) is 16.2. The van der Waals surface area contributed by atoms with Gasteiger partial charge < -0.3 is 15.4 Å². The molecule has 0 saturated carbocycles. The van der Waals surface area contributed by atoms with Crippen molar-refractivity contribution in [3.8, 4) is 5.75 Å². The van der Waals surface area contributed by atoms with Gasteiger partial charge in [0.05, 0.1) is 23.6 Å². The summed E-state index contributed by atoms with van der Waals surface area (Å²) < 4.78 is 5.67. The van der Waals surface area contributed by atoms with E-state index in [9.17, 15) is 9.59 Å². The second kappa shape index (κ2) is 9.64. The van der Waals surface area contributed by atoms with Gasteiger partial charge in [-0.05, 0) is 43.2 Å². The number of amides is 2. The molecule has 0 aliphatic carbocycles. The normalized spacial score (nSPS) is 16.6. The maximum Gasteiger partial charge on any atom is 0.238 e. The third-order valence-electron chi connectivity index (χ3n) is 4.60. The lowest BCUT2D eigenvalue weighted by Crippen LogP contribution is -2.35. The van der Waals surface area contributed by atoms with Crippen molar-refractivity contribution < 1.29 is 14.3 Å². The molecule has 5 nitrogen and oxygen atoms in total. The molecule has 2 N–H and O–H groups in total. The number of thioether (sulfide) groups is 1. The first-order valence-corrected chi connectivity index (χ1v) is 10.5. The SMILES string of the molecule is CCCCOc1ccc(C(C)NC(=O)CC2Sc3ccccc3NC2=O)cc1. The smallest absolute Gasteiger partial charge is 0.238 e. The Balaban J connectivity index is 1.52. The molecular weight excluding hydrogens is 372 g/mol. The molecule has 2 amide bonds. The Morgan fingerprint density at radius 1 is 1.21 bits per heavy atom. The van der Waals surface area contributed by atoms with Crippen LogP contribution in [0, 0.1) is 0 Å². The van der Waals surface area contributed by atoms with Gasteiger partial charge in [-0.25, -0.2) is 0 Å². The quantitative estimate of drug-likeness (QED) is 0.641.